The van der Waals surface area contributed by atoms with Crippen LogP contribution < -0.4 is 10.1 Å². The number of amides is 1. The molecule has 0 saturated carbocycles. The maximum atomic E-state index is 12.0. The van der Waals surface area contributed by atoms with E-state index in [1.54, 1.807) is 11.3 Å². The van der Waals surface area contributed by atoms with Crippen molar-refractivity contribution in [3.63, 3.8) is 0 Å². The Hall–Kier alpha value is -2.59. The van der Waals surface area contributed by atoms with Crippen molar-refractivity contribution in [1.29, 1.82) is 0 Å². The molecule has 1 aromatic heterocycles. The predicted molar refractivity (Wildman–Crippen MR) is 94.3 cm³/mol. The van der Waals surface area contributed by atoms with Gasteiger partial charge in [0.15, 0.2) is 0 Å². The van der Waals surface area contributed by atoms with Crippen molar-refractivity contribution in [2.24, 2.45) is 0 Å². The lowest BCUT2D eigenvalue weighted by atomic mass is 10.2. The lowest BCUT2D eigenvalue weighted by Crippen LogP contribution is -2.13. The SMILES string of the molecule is Cc1ccc(Oc2ccc(NC(=O)Cc3cccs3)cc2)cc1. The third-order valence-electron chi connectivity index (χ3n) is 3.31. The summed E-state index contributed by atoms with van der Waals surface area (Å²) >= 11 is 1.59. The number of hydrogen-bond donors (Lipinski definition) is 1. The monoisotopic (exact) mass is 323 g/mol. The van der Waals surface area contributed by atoms with E-state index in [-0.39, 0.29) is 5.91 Å². The number of carbonyl (C=O) groups is 1. The number of anilines is 1. The fraction of sp³-hybridized carbons (Fsp3) is 0.105. The van der Waals surface area contributed by atoms with Gasteiger partial charge in [0.05, 0.1) is 6.42 Å². The molecule has 0 saturated heterocycles. The molecule has 0 atom stereocenters. The number of hydrogen-bond acceptors (Lipinski definition) is 3. The molecule has 4 heteroatoms. The van der Waals surface area contributed by atoms with Gasteiger partial charge in [0, 0.05) is 10.6 Å². The molecule has 116 valence electrons. The van der Waals surface area contributed by atoms with Crippen LogP contribution in [-0.2, 0) is 11.2 Å². The van der Waals surface area contributed by atoms with Crippen LogP contribution in [0.3, 0.4) is 0 Å². The topological polar surface area (TPSA) is 38.3 Å². The maximum absolute atomic E-state index is 12.0. The Morgan fingerprint density at radius 3 is 2.26 bits per heavy atom. The normalized spacial score (nSPS) is 10.3. The van der Waals surface area contributed by atoms with Crippen LogP contribution in [0.2, 0.25) is 0 Å². The van der Waals surface area contributed by atoms with Gasteiger partial charge in [-0.15, -0.1) is 11.3 Å². The van der Waals surface area contributed by atoms with Crippen LogP contribution in [0, 0.1) is 6.92 Å². The third-order valence-corrected chi connectivity index (χ3v) is 4.19. The predicted octanol–water partition coefficient (Wildman–Crippen LogP) is 5.03. The van der Waals surface area contributed by atoms with Gasteiger partial charge in [-0.05, 0) is 54.8 Å². The zero-order valence-corrected chi connectivity index (χ0v) is 13.6. The fourth-order valence-corrected chi connectivity index (χ4v) is 2.83. The second-order valence-electron chi connectivity index (χ2n) is 5.24. The molecule has 23 heavy (non-hydrogen) atoms. The van der Waals surface area contributed by atoms with Crippen molar-refractivity contribution in [2.45, 2.75) is 13.3 Å². The van der Waals surface area contributed by atoms with E-state index in [0.717, 1.165) is 22.1 Å². The van der Waals surface area contributed by atoms with Gasteiger partial charge < -0.3 is 10.1 Å². The first-order valence-electron chi connectivity index (χ1n) is 7.36. The molecule has 3 rings (SSSR count). The smallest absolute Gasteiger partial charge is 0.229 e. The molecule has 3 aromatic rings. The van der Waals surface area contributed by atoms with Crippen molar-refractivity contribution in [3.8, 4) is 11.5 Å². The van der Waals surface area contributed by atoms with Crippen LogP contribution in [-0.4, -0.2) is 5.91 Å². The average Bonchev–Trinajstić information content (AvgIpc) is 3.04. The Kier molecular flexibility index (Phi) is 4.74. The van der Waals surface area contributed by atoms with E-state index in [0.29, 0.717) is 6.42 Å². The minimum Gasteiger partial charge on any atom is -0.457 e. The van der Waals surface area contributed by atoms with Gasteiger partial charge >= 0.3 is 0 Å². The van der Waals surface area contributed by atoms with Gasteiger partial charge in [-0.2, -0.15) is 0 Å². The summed E-state index contributed by atoms with van der Waals surface area (Å²) in [5, 5.41) is 4.86. The molecule has 3 nitrogen and oxygen atoms in total. The van der Waals surface area contributed by atoms with E-state index >= 15 is 0 Å². The van der Waals surface area contributed by atoms with Crippen LogP contribution in [0.25, 0.3) is 0 Å². The summed E-state index contributed by atoms with van der Waals surface area (Å²) < 4.78 is 5.77. The second-order valence-corrected chi connectivity index (χ2v) is 6.28. The number of benzene rings is 2. The zero-order chi connectivity index (χ0) is 16.1. The molecule has 0 aliphatic carbocycles. The van der Waals surface area contributed by atoms with Crippen LogP contribution in [0.1, 0.15) is 10.4 Å². The highest BCUT2D eigenvalue weighted by molar-refractivity contribution is 7.10. The van der Waals surface area contributed by atoms with Gasteiger partial charge in [-0.25, -0.2) is 0 Å². The van der Waals surface area contributed by atoms with Gasteiger partial charge in [0.1, 0.15) is 11.5 Å². The highest BCUT2D eigenvalue weighted by atomic mass is 32.1. The molecule has 0 radical (unpaired) electrons. The standard InChI is InChI=1S/C19H17NO2S/c1-14-4-8-16(9-5-14)22-17-10-6-15(7-11-17)20-19(21)13-18-3-2-12-23-18/h2-12H,13H2,1H3,(H,20,21). The lowest BCUT2D eigenvalue weighted by molar-refractivity contribution is -0.115. The molecule has 0 fully saturated rings. The van der Waals surface area contributed by atoms with Crippen molar-refractivity contribution < 1.29 is 9.53 Å². The minimum absolute atomic E-state index is 0.0142. The summed E-state index contributed by atoms with van der Waals surface area (Å²) in [6, 6.07) is 19.2. The molecular weight excluding hydrogens is 306 g/mol. The van der Waals surface area contributed by atoms with E-state index in [1.807, 2.05) is 73.0 Å². The minimum atomic E-state index is -0.0142. The first-order valence-corrected chi connectivity index (χ1v) is 8.24. The molecule has 0 unspecified atom stereocenters. The largest absolute Gasteiger partial charge is 0.457 e. The molecular formula is C19H17NO2S. The molecule has 0 bridgehead atoms. The molecule has 1 N–H and O–H groups in total. The number of ether oxygens (including phenoxy) is 1. The second kappa shape index (κ2) is 7.11. The average molecular weight is 323 g/mol. The lowest BCUT2D eigenvalue weighted by Gasteiger charge is -2.08. The summed E-state index contributed by atoms with van der Waals surface area (Å²) in [5.41, 5.74) is 1.96. The van der Waals surface area contributed by atoms with Crippen LogP contribution in [0.15, 0.2) is 66.0 Å². The molecule has 1 amide bonds. The van der Waals surface area contributed by atoms with Crippen molar-refractivity contribution >= 4 is 22.9 Å². The van der Waals surface area contributed by atoms with Crippen molar-refractivity contribution in [1.82, 2.24) is 0 Å². The van der Waals surface area contributed by atoms with E-state index in [1.165, 1.54) is 5.56 Å². The number of thiophene rings is 1. The van der Waals surface area contributed by atoms with E-state index in [9.17, 15) is 4.79 Å². The van der Waals surface area contributed by atoms with Gasteiger partial charge in [-0.1, -0.05) is 23.8 Å². The maximum Gasteiger partial charge on any atom is 0.229 e. The first-order chi connectivity index (χ1) is 11.2. The number of carbonyl (C=O) groups excluding carboxylic acids is 1. The summed E-state index contributed by atoms with van der Waals surface area (Å²) in [6.07, 6.45) is 0.402. The highest BCUT2D eigenvalue weighted by Gasteiger charge is 2.05. The highest BCUT2D eigenvalue weighted by Crippen LogP contribution is 2.23. The number of aryl methyl sites for hydroxylation is 1. The quantitative estimate of drug-likeness (QED) is 0.715. The van der Waals surface area contributed by atoms with Gasteiger partial charge in [0.25, 0.3) is 0 Å². The fourth-order valence-electron chi connectivity index (χ4n) is 2.13. The van der Waals surface area contributed by atoms with Gasteiger partial charge in [-0.3, -0.25) is 4.79 Å². The van der Waals surface area contributed by atoms with Gasteiger partial charge in [0.2, 0.25) is 5.91 Å². The van der Waals surface area contributed by atoms with Crippen molar-refractivity contribution in [2.75, 3.05) is 5.32 Å². The Morgan fingerprint density at radius 1 is 1.00 bits per heavy atom. The number of rotatable bonds is 5. The van der Waals surface area contributed by atoms with Crippen LogP contribution in [0.4, 0.5) is 5.69 Å². The summed E-state index contributed by atoms with van der Waals surface area (Å²) in [6.45, 7) is 2.04. The molecule has 0 aliphatic rings. The van der Waals surface area contributed by atoms with Crippen molar-refractivity contribution in [3.05, 3.63) is 76.5 Å². The number of nitrogens with one attached hydrogen (secondary N) is 1. The molecule has 0 spiro atoms. The summed E-state index contributed by atoms with van der Waals surface area (Å²) in [5.74, 6) is 1.52. The Morgan fingerprint density at radius 2 is 1.65 bits per heavy atom. The van der Waals surface area contributed by atoms with E-state index in [2.05, 4.69) is 5.32 Å². The Balaban J connectivity index is 1.58. The van der Waals surface area contributed by atoms with E-state index in [4.69, 9.17) is 4.74 Å². The Labute approximate surface area is 139 Å². The molecule has 0 aliphatic heterocycles. The summed E-state index contributed by atoms with van der Waals surface area (Å²) in [7, 11) is 0. The molecule has 1 heterocycles. The van der Waals surface area contributed by atoms with Crippen LogP contribution in [0.5, 0.6) is 11.5 Å². The molecule has 2 aromatic carbocycles. The Bertz CT molecular complexity index is 762. The van der Waals surface area contributed by atoms with Crippen LogP contribution >= 0.6 is 11.3 Å². The zero-order valence-electron chi connectivity index (χ0n) is 12.8. The third kappa shape index (κ3) is 4.44. The summed E-state index contributed by atoms with van der Waals surface area (Å²) in [4.78, 5) is 13.0. The van der Waals surface area contributed by atoms with E-state index < -0.39 is 0 Å². The first kappa shape index (κ1) is 15.3.